The number of ether oxygens (including phenoxy) is 1. The highest BCUT2D eigenvalue weighted by molar-refractivity contribution is 7.46. The fraction of sp³-hybridized carbons (Fsp3) is 1.00. The van der Waals surface area contributed by atoms with Crippen LogP contribution in [0.1, 0.15) is 0 Å². The number of phosphoric acid groups is 1. The first-order chi connectivity index (χ1) is 7.26. The summed E-state index contributed by atoms with van der Waals surface area (Å²) >= 11 is 0. The van der Waals surface area contributed by atoms with Crippen molar-refractivity contribution in [3.8, 4) is 0 Å². The normalized spacial score (nSPS) is 41.0. The van der Waals surface area contributed by atoms with Crippen LogP contribution in [0.4, 0.5) is 0 Å². The van der Waals surface area contributed by atoms with Crippen molar-refractivity contribution in [1.82, 2.24) is 0 Å². The standard InChI is InChI=1S/C6H13O9P/c7-1-2-3(8)4(9)5(10)6(14-2)15-16(11,12)13/h2-10H,1H2,(H2,11,12,13)/t2-,3?,4?,5?,6-/m1/s1. The van der Waals surface area contributed by atoms with E-state index in [4.69, 9.17) is 14.9 Å². The second-order valence-corrected chi connectivity index (χ2v) is 4.49. The number of hydrogen-bond acceptors (Lipinski definition) is 7. The SMILES string of the molecule is O=P(O)(O)O[C@H]1O[C@H](CO)C(O)C(O)C1O. The molecular weight excluding hydrogens is 247 g/mol. The van der Waals surface area contributed by atoms with Gasteiger partial charge in [0.05, 0.1) is 6.61 Å². The highest BCUT2D eigenvalue weighted by Gasteiger charge is 2.46. The summed E-state index contributed by atoms with van der Waals surface area (Å²) in [5.41, 5.74) is 0. The van der Waals surface area contributed by atoms with E-state index in [0.717, 1.165) is 0 Å². The topological polar surface area (TPSA) is 157 Å². The van der Waals surface area contributed by atoms with E-state index < -0.39 is 45.1 Å². The Morgan fingerprint density at radius 3 is 2.12 bits per heavy atom. The minimum absolute atomic E-state index is 0.702. The summed E-state index contributed by atoms with van der Waals surface area (Å²) in [4.78, 5) is 17.0. The summed E-state index contributed by atoms with van der Waals surface area (Å²) in [6.07, 6.45) is -8.25. The number of rotatable bonds is 3. The van der Waals surface area contributed by atoms with Crippen LogP contribution < -0.4 is 0 Å². The predicted octanol–water partition coefficient (Wildman–Crippen LogP) is -3.10. The Bertz CT molecular complexity index is 275. The Labute approximate surface area is 90.1 Å². The molecule has 0 aromatic carbocycles. The molecule has 0 saturated carbocycles. The second-order valence-electron chi connectivity index (χ2n) is 3.29. The number of phosphoric ester groups is 1. The Balaban J connectivity index is 2.75. The average Bonchev–Trinajstić information content (AvgIpc) is 2.17. The summed E-state index contributed by atoms with van der Waals surface area (Å²) < 4.78 is 19.2. The van der Waals surface area contributed by atoms with Crippen molar-refractivity contribution < 1.29 is 44.0 Å². The van der Waals surface area contributed by atoms with Gasteiger partial charge in [0.2, 0.25) is 0 Å². The molecule has 3 unspecified atom stereocenters. The van der Waals surface area contributed by atoms with E-state index in [-0.39, 0.29) is 0 Å². The minimum Gasteiger partial charge on any atom is -0.394 e. The fourth-order valence-corrected chi connectivity index (χ4v) is 1.73. The molecule has 0 spiro atoms. The third kappa shape index (κ3) is 3.20. The monoisotopic (exact) mass is 260 g/mol. The van der Waals surface area contributed by atoms with Crippen molar-refractivity contribution in [2.75, 3.05) is 6.61 Å². The molecule has 6 N–H and O–H groups in total. The van der Waals surface area contributed by atoms with Gasteiger partial charge in [-0.15, -0.1) is 0 Å². The van der Waals surface area contributed by atoms with Crippen LogP contribution in [0.3, 0.4) is 0 Å². The van der Waals surface area contributed by atoms with E-state index in [0.29, 0.717) is 0 Å². The van der Waals surface area contributed by atoms with E-state index in [2.05, 4.69) is 9.26 Å². The summed E-state index contributed by atoms with van der Waals surface area (Å²) in [7, 11) is -4.91. The highest BCUT2D eigenvalue weighted by atomic mass is 31.2. The van der Waals surface area contributed by atoms with Crippen LogP contribution in [-0.4, -0.2) is 67.5 Å². The van der Waals surface area contributed by atoms with Gasteiger partial charge in [-0.3, -0.25) is 4.52 Å². The molecule has 1 rings (SSSR count). The highest BCUT2D eigenvalue weighted by Crippen LogP contribution is 2.40. The molecule has 0 radical (unpaired) electrons. The lowest BCUT2D eigenvalue weighted by molar-refractivity contribution is -0.280. The Hall–Kier alpha value is -0.0900. The first-order valence-electron chi connectivity index (χ1n) is 4.30. The fourth-order valence-electron chi connectivity index (χ4n) is 1.29. The predicted molar refractivity (Wildman–Crippen MR) is 46.9 cm³/mol. The van der Waals surface area contributed by atoms with Gasteiger partial charge in [0, 0.05) is 0 Å². The first-order valence-corrected chi connectivity index (χ1v) is 5.83. The molecule has 1 heterocycles. The van der Waals surface area contributed by atoms with E-state index in [1.54, 1.807) is 0 Å². The smallest absolute Gasteiger partial charge is 0.394 e. The van der Waals surface area contributed by atoms with Gasteiger partial charge in [0.25, 0.3) is 0 Å². The third-order valence-electron chi connectivity index (χ3n) is 2.09. The van der Waals surface area contributed by atoms with Gasteiger partial charge in [0.1, 0.15) is 24.4 Å². The molecule has 1 fully saturated rings. The molecule has 0 amide bonds. The molecule has 0 bridgehead atoms. The van der Waals surface area contributed by atoms with E-state index >= 15 is 0 Å². The molecule has 0 aromatic heterocycles. The van der Waals surface area contributed by atoms with Crippen molar-refractivity contribution in [2.24, 2.45) is 0 Å². The zero-order chi connectivity index (χ0) is 12.5. The Morgan fingerprint density at radius 1 is 1.12 bits per heavy atom. The molecule has 1 aliphatic rings. The van der Waals surface area contributed by atoms with Gasteiger partial charge in [-0.25, -0.2) is 4.57 Å². The lowest BCUT2D eigenvalue weighted by Crippen LogP contribution is -2.58. The second kappa shape index (κ2) is 5.05. The largest absolute Gasteiger partial charge is 0.472 e. The third-order valence-corrected chi connectivity index (χ3v) is 2.57. The molecule has 1 saturated heterocycles. The first kappa shape index (κ1) is 14.0. The van der Waals surface area contributed by atoms with Gasteiger partial charge >= 0.3 is 7.82 Å². The van der Waals surface area contributed by atoms with Gasteiger partial charge < -0.3 is 34.9 Å². The van der Waals surface area contributed by atoms with Gasteiger partial charge in [0.15, 0.2) is 6.29 Å². The van der Waals surface area contributed by atoms with Crippen LogP contribution in [0.2, 0.25) is 0 Å². The minimum atomic E-state index is -4.91. The van der Waals surface area contributed by atoms with Crippen molar-refractivity contribution in [2.45, 2.75) is 30.7 Å². The van der Waals surface area contributed by atoms with E-state index in [9.17, 15) is 19.9 Å². The zero-order valence-electron chi connectivity index (χ0n) is 7.95. The number of hydrogen-bond donors (Lipinski definition) is 6. The average molecular weight is 260 g/mol. The number of aliphatic hydroxyl groups excluding tert-OH is 4. The van der Waals surface area contributed by atoms with Crippen LogP contribution in [0.15, 0.2) is 0 Å². The van der Waals surface area contributed by atoms with Crippen LogP contribution in [0.25, 0.3) is 0 Å². The molecule has 9 nitrogen and oxygen atoms in total. The van der Waals surface area contributed by atoms with Crippen molar-refractivity contribution in [3.63, 3.8) is 0 Å². The number of aliphatic hydroxyl groups is 4. The lowest BCUT2D eigenvalue weighted by Gasteiger charge is -2.39. The molecular formula is C6H13O9P. The summed E-state index contributed by atoms with van der Waals surface area (Å²) in [6, 6.07) is 0. The molecule has 0 aliphatic carbocycles. The van der Waals surface area contributed by atoms with Gasteiger partial charge in [-0.2, -0.15) is 0 Å². The molecule has 96 valence electrons. The van der Waals surface area contributed by atoms with Gasteiger partial charge in [-0.1, -0.05) is 0 Å². The van der Waals surface area contributed by atoms with Gasteiger partial charge in [-0.05, 0) is 0 Å². The lowest BCUT2D eigenvalue weighted by atomic mass is 10.00. The maximum Gasteiger partial charge on any atom is 0.472 e. The van der Waals surface area contributed by atoms with Crippen molar-refractivity contribution in [1.29, 1.82) is 0 Å². The zero-order valence-corrected chi connectivity index (χ0v) is 8.84. The quantitative estimate of drug-likeness (QED) is 0.289. The summed E-state index contributed by atoms with van der Waals surface area (Å²) in [6.45, 7) is -0.702. The molecule has 1 aliphatic heterocycles. The molecule has 16 heavy (non-hydrogen) atoms. The van der Waals surface area contributed by atoms with Crippen molar-refractivity contribution >= 4 is 7.82 Å². The Kier molecular flexibility index (Phi) is 4.41. The molecule has 10 heteroatoms. The molecule has 0 aromatic rings. The van der Waals surface area contributed by atoms with Crippen LogP contribution in [0, 0.1) is 0 Å². The summed E-state index contributed by atoms with van der Waals surface area (Å²) in [5, 5.41) is 36.6. The maximum absolute atomic E-state index is 10.5. The van der Waals surface area contributed by atoms with Crippen LogP contribution >= 0.6 is 7.82 Å². The maximum atomic E-state index is 10.5. The summed E-state index contributed by atoms with van der Waals surface area (Å²) in [5.74, 6) is 0. The van der Waals surface area contributed by atoms with E-state index in [1.807, 2.05) is 0 Å². The molecule has 5 atom stereocenters. The van der Waals surface area contributed by atoms with Crippen LogP contribution in [0.5, 0.6) is 0 Å². The van der Waals surface area contributed by atoms with Crippen molar-refractivity contribution in [3.05, 3.63) is 0 Å². The Morgan fingerprint density at radius 2 is 1.69 bits per heavy atom. The van der Waals surface area contributed by atoms with E-state index in [1.165, 1.54) is 0 Å². The van der Waals surface area contributed by atoms with Crippen LogP contribution in [-0.2, 0) is 13.8 Å².